The molecule has 0 heteroatoms. The molecule has 0 fully saturated rings. The summed E-state index contributed by atoms with van der Waals surface area (Å²) in [5.41, 5.74) is 0. The van der Waals surface area contributed by atoms with Crippen molar-refractivity contribution in [2.45, 2.75) is 95.4 Å². The zero-order chi connectivity index (χ0) is 13.7. The molecule has 0 bridgehead atoms. The van der Waals surface area contributed by atoms with Gasteiger partial charge in [-0.25, -0.2) is 0 Å². The van der Waals surface area contributed by atoms with Crippen LogP contribution >= 0.6 is 0 Å². The normalized spacial score (nSPS) is 6.40. The van der Waals surface area contributed by atoms with Gasteiger partial charge in [0, 0.05) is 0 Å². The first kappa shape index (κ1) is 29.4. The van der Waals surface area contributed by atoms with Crippen molar-refractivity contribution in [3.63, 3.8) is 0 Å². The van der Waals surface area contributed by atoms with E-state index in [9.17, 15) is 0 Å². The fourth-order valence-electron chi connectivity index (χ4n) is 0. The van der Waals surface area contributed by atoms with Gasteiger partial charge in [0.05, 0.1) is 0 Å². The highest BCUT2D eigenvalue weighted by molar-refractivity contribution is 4.32. The van der Waals surface area contributed by atoms with E-state index in [-0.39, 0.29) is 0 Å². The monoisotopic (exact) mass is 220 g/mol. The van der Waals surface area contributed by atoms with Gasteiger partial charge in [-0.2, -0.15) is 0 Å². The van der Waals surface area contributed by atoms with Crippen LogP contribution in [0.2, 0.25) is 0 Å². The molecule has 0 aliphatic carbocycles. The smallest absolute Gasteiger partial charge is 0.0474 e. The molecule has 0 saturated carbocycles. The van der Waals surface area contributed by atoms with Gasteiger partial charge in [0.1, 0.15) is 0 Å². The third-order valence-corrected chi connectivity index (χ3v) is 1.32. The molecule has 100 valence electrons. The summed E-state index contributed by atoms with van der Waals surface area (Å²) >= 11 is 0. The SMILES string of the molecule is CC.CC.CC.CCC(C)C.CCCC. The first-order valence-corrected chi connectivity index (χ1v) is 7.18. The summed E-state index contributed by atoms with van der Waals surface area (Å²) < 4.78 is 0. The molecule has 0 saturated heterocycles. The maximum Gasteiger partial charge on any atom is -0.0474 e. The van der Waals surface area contributed by atoms with Crippen LogP contribution in [0.4, 0.5) is 0 Å². The Bertz CT molecular complexity index is 27.0. The third-order valence-electron chi connectivity index (χ3n) is 1.32. The maximum atomic E-state index is 2.22. The van der Waals surface area contributed by atoms with Gasteiger partial charge < -0.3 is 0 Å². The highest BCUT2D eigenvalue weighted by Gasteiger charge is 1.80. The summed E-state index contributed by atoms with van der Waals surface area (Å²) in [7, 11) is 0. The van der Waals surface area contributed by atoms with E-state index in [0.29, 0.717) is 0 Å². The minimum absolute atomic E-state index is 0.884. The van der Waals surface area contributed by atoms with Crippen molar-refractivity contribution < 1.29 is 0 Å². The van der Waals surface area contributed by atoms with Gasteiger partial charge in [0.2, 0.25) is 0 Å². The molecular weight excluding hydrogens is 180 g/mol. The van der Waals surface area contributed by atoms with Crippen LogP contribution in [0.15, 0.2) is 0 Å². The van der Waals surface area contributed by atoms with Crippen molar-refractivity contribution in [1.29, 1.82) is 0 Å². The lowest BCUT2D eigenvalue weighted by Gasteiger charge is -1.90. The van der Waals surface area contributed by atoms with E-state index in [2.05, 4.69) is 34.6 Å². The van der Waals surface area contributed by atoms with E-state index in [0.717, 1.165) is 5.92 Å². The summed E-state index contributed by atoms with van der Waals surface area (Å²) in [5, 5.41) is 0. The van der Waals surface area contributed by atoms with Gasteiger partial charge in [-0.05, 0) is 5.92 Å². The van der Waals surface area contributed by atoms with E-state index in [1.165, 1.54) is 19.3 Å². The van der Waals surface area contributed by atoms with E-state index in [1.54, 1.807) is 0 Å². The number of hydrogen-bond donors (Lipinski definition) is 0. The average Bonchev–Trinajstić information content (AvgIpc) is 2.36. The molecule has 0 aliphatic heterocycles. The van der Waals surface area contributed by atoms with Crippen molar-refractivity contribution in [2.75, 3.05) is 0 Å². The van der Waals surface area contributed by atoms with Crippen molar-refractivity contribution in [3.8, 4) is 0 Å². The second-order valence-electron chi connectivity index (χ2n) is 2.80. The Kier molecular flexibility index (Phi) is 129. The van der Waals surface area contributed by atoms with Gasteiger partial charge in [0.15, 0.2) is 0 Å². The summed E-state index contributed by atoms with van der Waals surface area (Å²) in [6.07, 6.45) is 3.94. The number of unbranched alkanes of at least 4 members (excludes halogenated alkanes) is 1. The molecule has 0 rings (SSSR count). The fourth-order valence-corrected chi connectivity index (χ4v) is 0. The molecule has 0 nitrogen and oxygen atoms in total. The third kappa shape index (κ3) is 224. The molecule has 0 atom stereocenters. The van der Waals surface area contributed by atoms with Crippen molar-refractivity contribution in [2.24, 2.45) is 5.92 Å². The van der Waals surface area contributed by atoms with Crippen molar-refractivity contribution in [1.82, 2.24) is 0 Å². The van der Waals surface area contributed by atoms with Gasteiger partial charge in [-0.1, -0.05) is 95.4 Å². The molecular formula is C15H40. The summed E-state index contributed by atoms with van der Waals surface area (Å²) in [6, 6.07) is 0. The van der Waals surface area contributed by atoms with Crippen LogP contribution in [0.25, 0.3) is 0 Å². The quantitative estimate of drug-likeness (QED) is 0.473. The summed E-state index contributed by atoms with van der Waals surface area (Å²) in [5.74, 6) is 0.884. The second kappa shape index (κ2) is 65.7. The molecule has 0 spiro atoms. The molecule has 15 heavy (non-hydrogen) atoms. The molecule has 0 unspecified atom stereocenters. The molecule has 0 amide bonds. The van der Waals surface area contributed by atoms with E-state index < -0.39 is 0 Å². The van der Waals surface area contributed by atoms with Gasteiger partial charge >= 0.3 is 0 Å². The largest absolute Gasteiger partial charge is 0.0683 e. The van der Waals surface area contributed by atoms with E-state index >= 15 is 0 Å². The predicted molar refractivity (Wildman–Crippen MR) is 79.8 cm³/mol. The molecule has 0 heterocycles. The van der Waals surface area contributed by atoms with Crippen molar-refractivity contribution >= 4 is 0 Å². The number of rotatable bonds is 2. The zero-order valence-corrected chi connectivity index (χ0v) is 13.7. The van der Waals surface area contributed by atoms with Gasteiger partial charge in [0.25, 0.3) is 0 Å². The van der Waals surface area contributed by atoms with Crippen LogP contribution in [-0.4, -0.2) is 0 Å². The van der Waals surface area contributed by atoms with Crippen LogP contribution in [0.3, 0.4) is 0 Å². The molecule has 0 aromatic rings. The number of hydrogen-bond acceptors (Lipinski definition) is 0. The van der Waals surface area contributed by atoms with Crippen LogP contribution in [0.1, 0.15) is 95.4 Å². The Balaban J connectivity index is -0.0000000301. The van der Waals surface area contributed by atoms with Gasteiger partial charge in [-0.15, -0.1) is 0 Å². The molecule has 0 N–H and O–H groups in total. The van der Waals surface area contributed by atoms with Crippen molar-refractivity contribution in [3.05, 3.63) is 0 Å². The van der Waals surface area contributed by atoms with Gasteiger partial charge in [-0.3, -0.25) is 0 Å². The second-order valence-corrected chi connectivity index (χ2v) is 2.80. The Morgan fingerprint density at radius 1 is 0.600 bits per heavy atom. The lowest BCUT2D eigenvalue weighted by atomic mass is 10.2. The maximum absolute atomic E-state index is 2.22. The Morgan fingerprint density at radius 3 is 0.733 bits per heavy atom. The molecule has 0 aliphatic rings. The molecule has 0 aromatic carbocycles. The topological polar surface area (TPSA) is 0 Å². The van der Waals surface area contributed by atoms with Crippen LogP contribution in [0, 0.1) is 5.92 Å². The minimum atomic E-state index is 0.884. The zero-order valence-electron chi connectivity index (χ0n) is 13.7. The predicted octanol–water partition coefficient (Wildman–Crippen LogP) is 6.94. The summed E-state index contributed by atoms with van der Waals surface area (Å²) in [6.45, 7) is 23.0. The minimum Gasteiger partial charge on any atom is -0.0683 e. The van der Waals surface area contributed by atoms with Crippen LogP contribution < -0.4 is 0 Å². The lowest BCUT2D eigenvalue weighted by Crippen LogP contribution is -1.77. The highest BCUT2D eigenvalue weighted by Crippen LogP contribution is 1.93. The Hall–Kier alpha value is 0. The fraction of sp³-hybridized carbons (Fsp3) is 1.00. The average molecular weight is 220 g/mol. The molecule has 0 aromatic heterocycles. The standard InChI is InChI=1S/C5H12.C4H10.3C2H6/c1-4-5(2)3;1-3-4-2;3*1-2/h5H,4H2,1-3H3;3-4H2,1-2H3;3*1-2H3. The summed E-state index contributed by atoms with van der Waals surface area (Å²) in [4.78, 5) is 0. The molecule has 0 radical (unpaired) electrons. The first-order valence-electron chi connectivity index (χ1n) is 7.18. The lowest BCUT2D eigenvalue weighted by molar-refractivity contribution is 0.626. The Labute approximate surface area is 102 Å². The first-order chi connectivity index (χ1) is 7.18. The van der Waals surface area contributed by atoms with Crippen LogP contribution in [0.5, 0.6) is 0 Å². The Morgan fingerprint density at radius 2 is 0.733 bits per heavy atom. The van der Waals surface area contributed by atoms with E-state index in [1.807, 2.05) is 41.5 Å². The highest BCUT2D eigenvalue weighted by atomic mass is 13.9. The van der Waals surface area contributed by atoms with E-state index in [4.69, 9.17) is 0 Å². The van der Waals surface area contributed by atoms with Crippen LogP contribution in [-0.2, 0) is 0 Å².